The largest absolute Gasteiger partial charge is 0.317 e. The van der Waals surface area contributed by atoms with Crippen LogP contribution in [-0.2, 0) is 4.79 Å². The number of rotatable bonds is 3. The Kier molecular flexibility index (Phi) is 4.71. The van der Waals surface area contributed by atoms with Crippen molar-refractivity contribution in [3.05, 3.63) is 34.4 Å². The van der Waals surface area contributed by atoms with Crippen molar-refractivity contribution in [1.29, 1.82) is 0 Å². The number of anilines is 1. The highest BCUT2D eigenvalue weighted by Crippen LogP contribution is 2.28. The molecular weight excluding hydrogens is 325 g/mol. The van der Waals surface area contributed by atoms with Gasteiger partial charge in [0.1, 0.15) is 5.82 Å². The van der Waals surface area contributed by atoms with Crippen LogP contribution >= 0.6 is 22.9 Å². The van der Waals surface area contributed by atoms with Gasteiger partial charge in [-0.1, -0.05) is 11.6 Å². The topological polar surface area (TPSA) is 54.0 Å². The molecule has 4 nitrogen and oxygen atoms in total. The number of halogens is 2. The van der Waals surface area contributed by atoms with Crippen LogP contribution in [0.4, 0.5) is 9.52 Å². The molecule has 2 aromatic rings. The van der Waals surface area contributed by atoms with E-state index in [4.69, 9.17) is 11.6 Å². The van der Waals surface area contributed by atoms with Crippen molar-refractivity contribution in [3.63, 3.8) is 0 Å². The molecule has 1 aromatic carbocycles. The van der Waals surface area contributed by atoms with Crippen molar-refractivity contribution in [3.8, 4) is 11.3 Å². The van der Waals surface area contributed by atoms with Gasteiger partial charge in [0.2, 0.25) is 5.91 Å². The van der Waals surface area contributed by atoms with Crippen LogP contribution in [0.25, 0.3) is 11.3 Å². The van der Waals surface area contributed by atoms with Gasteiger partial charge in [0.05, 0.1) is 10.7 Å². The van der Waals surface area contributed by atoms with Gasteiger partial charge in [-0.3, -0.25) is 4.79 Å². The number of piperidine rings is 1. The first-order chi connectivity index (χ1) is 10.6. The molecule has 1 aliphatic heterocycles. The van der Waals surface area contributed by atoms with Crippen molar-refractivity contribution in [2.45, 2.75) is 12.8 Å². The summed E-state index contributed by atoms with van der Waals surface area (Å²) in [5.74, 6) is -0.409. The molecule has 0 spiro atoms. The van der Waals surface area contributed by atoms with Crippen molar-refractivity contribution < 1.29 is 9.18 Å². The summed E-state index contributed by atoms with van der Waals surface area (Å²) in [4.78, 5) is 16.5. The fraction of sp³-hybridized carbons (Fsp3) is 0.333. The van der Waals surface area contributed by atoms with Crippen molar-refractivity contribution in [2.75, 3.05) is 18.4 Å². The summed E-state index contributed by atoms with van der Waals surface area (Å²) >= 11 is 7.13. The lowest BCUT2D eigenvalue weighted by Gasteiger charge is -2.20. The second-order valence-corrected chi connectivity index (χ2v) is 6.45. The first-order valence-electron chi connectivity index (χ1n) is 7.06. The highest BCUT2D eigenvalue weighted by atomic mass is 35.5. The second-order valence-electron chi connectivity index (χ2n) is 5.18. The molecule has 2 heterocycles. The molecule has 116 valence electrons. The van der Waals surface area contributed by atoms with Gasteiger partial charge in [-0.15, -0.1) is 11.3 Å². The first kappa shape index (κ1) is 15.4. The summed E-state index contributed by atoms with van der Waals surface area (Å²) in [7, 11) is 0. The van der Waals surface area contributed by atoms with E-state index in [1.807, 2.05) is 5.38 Å². The molecule has 1 aliphatic rings. The Morgan fingerprint density at radius 3 is 2.91 bits per heavy atom. The number of amides is 1. The minimum atomic E-state index is -0.458. The minimum Gasteiger partial charge on any atom is -0.317 e. The molecule has 2 N–H and O–H groups in total. The zero-order valence-electron chi connectivity index (χ0n) is 11.7. The summed E-state index contributed by atoms with van der Waals surface area (Å²) in [5.41, 5.74) is 1.40. The summed E-state index contributed by atoms with van der Waals surface area (Å²) in [6.07, 6.45) is 1.69. The van der Waals surface area contributed by atoms with E-state index in [1.165, 1.54) is 23.5 Å². The number of aromatic nitrogens is 1. The number of carbonyl (C=O) groups is 1. The van der Waals surface area contributed by atoms with Crippen molar-refractivity contribution >= 4 is 34.0 Å². The normalized spacial score (nSPS) is 15.7. The van der Waals surface area contributed by atoms with E-state index in [-0.39, 0.29) is 16.8 Å². The van der Waals surface area contributed by atoms with Crippen LogP contribution in [-0.4, -0.2) is 24.0 Å². The molecule has 0 unspecified atom stereocenters. The van der Waals surface area contributed by atoms with Crippen LogP contribution < -0.4 is 10.6 Å². The Balaban J connectivity index is 1.70. The van der Waals surface area contributed by atoms with Crippen LogP contribution in [0.15, 0.2) is 23.6 Å². The van der Waals surface area contributed by atoms with Crippen molar-refractivity contribution in [1.82, 2.24) is 10.3 Å². The molecular formula is C15H15ClFN3OS. The number of carbonyl (C=O) groups excluding carboxylic acids is 1. The third kappa shape index (κ3) is 3.45. The maximum absolute atomic E-state index is 13.2. The van der Waals surface area contributed by atoms with E-state index < -0.39 is 5.82 Å². The highest BCUT2D eigenvalue weighted by molar-refractivity contribution is 7.14. The maximum Gasteiger partial charge on any atom is 0.229 e. The average Bonchev–Trinajstić information content (AvgIpc) is 2.99. The summed E-state index contributed by atoms with van der Waals surface area (Å²) < 4.78 is 13.2. The van der Waals surface area contributed by atoms with Gasteiger partial charge in [-0.05, 0) is 44.1 Å². The molecule has 7 heteroatoms. The average molecular weight is 340 g/mol. The van der Waals surface area contributed by atoms with Crippen LogP contribution in [0.3, 0.4) is 0 Å². The van der Waals surface area contributed by atoms with E-state index in [9.17, 15) is 9.18 Å². The van der Waals surface area contributed by atoms with Gasteiger partial charge in [0.25, 0.3) is 0 Å². The zero-order chi connectivity index (χ0) is 15.5. The van der Waals surface area contributed by atoms with Crippen LogP contribution in [0, 0.1) is 11.7 Å². The van der Waals surface area contributed by atoms with Gasteiger partial charge in [-0.25, -0.2) is 9.37 Å². The first-order valence-corrected chi connectivity index (χ1v) is 8.32. The number of benzene rings is 1. The van der Waals surface area contributed by atoms with E-state index in [0.29, 0.717) is 10.8 Å². The number of thiazole rings is 1. The lowest BCUT2D eigenvalue weighted by atomic mass is 9.97. The molecule has 0 atom stereocenters. The lowest BCUT2D eigenvalue weighted by molar-refractivity contribution is -0.120. The summed E-state index contributed by atoms with van der Waals surface area (Å²) in [5, 5.41) is 8.53. The number of nitrogens with one attached hydrogen (secondary N) is 2. The standard InChI is InChI=1S/C15H15ClFN3OS/c16-11-7-10(1-2-12(11)17)13-8-22-15(19-13)20-14(21)9-3-5-18-6-4-9/h1-2,7-9,18H,3-6H2,(H,19,20,21). The predicted octanol–water partition coefficient (Wildman–Crippen LogP) is 3.54. The highest BCUT2D eigenvalue weighted by Gasteiger charge is 2.21. The molecule has 22 heavy (non-hydrogen) atoms. The number of hydrogen-bond acceptors (Lipinski definition) is 4. The lowest BCUT2D eigenvalue weighted by Crippen LogP contribution is -2.34. The fourth-order valence-electron chi connectivity index (χ4n) is 2.41. The van der Waals surface area contributed by atoms with Crippen molar-refractivity contribution in [2.24, 2.45) is 5.92 Å². The van der Waals surface area contributed by atoms with E-state index >= 15 is 0 Å². The Bertz CT molecular complexity index is 685. The van der Waals surface area contributed by atoms with Crippen LogP contribution in [0.1, 0.15) is 12.8 Å². The molecule has 0 bridgehead atoms. The Hall–Kier alpha value is -1.50. The van der Waals surface area contributed by atoms with E-state index in [1.54, 1.807) is 6.07 Å². The minimum absolute atomic E-state index is 0.0135. The Morgan fingerprint density at radius 1 is 1.41 bits per heavy atom. The van der Waals surface area contributed by atoms with E-state index in [0.717, 1.165) is 31.5 Å². The van der Waals surface area contributed by atoms with Gasteiger partial charge < -0.3 is 10.6 Å². The molecule has 1 fully saturated rings. The quantitative estimate of drug-likeness (QED) is 0.899. The Labute approximate surface area is 136 Å². The predicted molar refractivity (Wildman–Crippen MR) is 86.7 cm³/mol. The molecule has 0 aliphatic carbocycles. The number of nitrogens with zero attached hydrogens (tertiary/aromatic N) is 1. The molecule has 1 saturated heterocycles. The van der Waals surface area contributed by atoms with Crippen LogP contribution in [0.5, 0.6) is 0 Å². The maximum atomic E-state index is 13.2. The number of hydrogen-bond donors (Lipinski definition) is 2. The van der Waals surface area contributed by atoms with Gasteiger partial charge in [0.15, 0.2) is 5.13 Å². The van der Waals surface area contributed by atoms with Gasteiger partial charge >= 0.3 is 0 Å². The third-order valence-corrected chi connectivity index (χ3v) is 4.71. The molecule has 3 rings (SSSR count). The monoisotopic (exact) mass is 339 g/mol. The summed E-state index contributed by atoms with van der Waals surface area (Å²) in [6.45, 7) is 1.74. The molecule has 0 saturated carbocycles. The van der Waals surface area contributed by atoms with Gasteiger partial charge in [0, 0.05) is 16.9 Å². The zero-order valence-corrected chi connectivity index (χ0v) is 13.3. The molecule has 1 amide bonds. The van der Waals surface area contributed by atoms with Gasteiger partial charge in [-0.2, -0.15) is 0 Å². The summed E-state index contributed by atoms with van der Waals surface area (Å²) in [6, 6.07) is 4.46. The fourth-order valence-corrected chi connectivity index (χ4v) is 3.31. The van der Waals surface area contributed by atoms with Crippen LogP contribution in [0.2, 0.25) is 5.02 Å². The Morgan fingerprint density at radius 2 is 2.18 bits per heavy atom. The SMILES string of the molecule is O=C(Nc1nc(-c2ccc(F)c(Cl)c2)cs1)C1CCNCC1. The molecule has 0 radical (unpaired) electrons. The molecule has 1 aromatic heterocycles. The second kappa shape index (κ2) is 6.73. The smallest absolute Gasteiger partial charge is 0.229 e. The third-order valence-electron chi connectivity index (χ3n) is 3.66. The van der Waals surface area contributed by atoms with E-state index in [2.05, 4.69) is 15.6 Å².